The number of piperidine rings is 1. The summed E-state index contributed by atoms with van der Waals surface area (Å²) in [7, 11) is 0. The fraction of sp³-hybridized carbons (Fsp3) is 0.500. The van der Waals surface area contributed by atoms with Gasteiger partial charge in [-0.25, -0.2) is 9.18 Å². The van der Waals surface area contributed by atoms with E-state index in [1.165, 1.54) is 18.2 Å². The average Bonchev–Trinajstić information content (AvgIpc) is 2.48. The van der Waals surface area contributed by atoms with Crippen LogP contribution in [0.3, 0.4) is 0 Å². The molecule has 1 aromatic carbocycles. The van der Waals surface area contributed by atoms with Gasteiger partial charge in [-0.1, -0.05) is 12.1 Å². The van der Waals surface area contributed by atoms with Crippen LogP contribution in [0.2, 0.25) is 0 Å². The lowest BCUT2D eigenvalue weighted by Gasteiger charge is -2.38. The maximum Gasteiger partial charge on any atom is 0.410 e. The third-order valence-corrected chi connectivity index (χ3v) is 3.95. The Kier molecular flexibility index (Phi) is 5.35. The van der Waals surface area contributed by atoms with E-state index in [4.69, 9.17) is 10.5 Å². The minimum absolute atomic E-state index is 0.267. The predicted molar refractivity (Wildman–Crippen MR) is 79.7 cm³/mol. The first-order chi connectivity index (χ1) is 10.5. The normalized spacial score (nSPS) is 19.5. The Balaban J connectivity index is 2.32. The van der Waals surface area contributed by atoms with Crippen LogP contribution in [0.25, 0.3) is 0 Å². The fourth-order valence-electron chi connectivity index (χ4n) is 3.01. The van der Waals surface area contributed by atoms with Gasteiger partial charge in [0.15, 0.2) is 0 Å². The highest BCUT2D eigenvalue weighted by atomic mass is 19.1. The second-order valence-electron chi connectivity index (χ2n) is 5.39. The van der Waals surface area contributed by atoms with Crippen molar-refractivity contribution in [2.24, 2.45) is 5.73 Å². The topological polar surface area (TPSA) is 72.6 Å². The third kappa shape index (κ3) is 3.55. The molecule has 2 N–H and O–H groups in total. The predicted octanol–water partition coefficient (Wildman–Crippen LogP) is 2.41. The summed E-state index contributed by atoms with van der Waals surface area (Å²) < 4.78 is 18.5. The molecule has 1 aromatic rings. The van der Waals surface area contributed by atoms with Crippen molar-refractivity contribution in [2.75, 3.05) is 13.2 Å². The molecule has 0 spiro atoms. The SMILES string of the molecule is CCOC(=O)N1CCCCC1C(C(N)=O)c1cccc(F)c1. The molecule has 0 radical (unpaired) electrons. The van der Waals surface area contributed by atoms with Gasteiger partial charge in [0.1, 0.15) is 5.82 Å². The van der Waals surface area contributed by atoms with Crippen molar-refractivity contribution < 1.29 is 18.7 Å². The average molecular weight is 308 g/mol. The van der Waals surface area contributed by atoms with Crippen molar-refractivity contribution in [3.63, 3.8) is 0 Å². The van der Waals surface area contributed by atoms with Crippen molar-refractivity contribution in [3.8, 4) is 0 Å². The van der Waals surface area contributed by atoms with Crippen LogP contribution < -0.4 is 5.73 Å². The smallest absolute Gasteiger partial charge is 0.410 e. The molecule has 2 atom stereocenters. The van der Waals surface area contributed by atoms with Crippen LogP contribution in [0.15, 0.2) is 24.3 Å². The number of primary amides is 1. The van der Waals surface area contributed by atoms with Gasteiger partial charge in [0.2, 0.25) is 5.91 Å². The zero-order valence-corrected chi connectivity index (χ0v) is 12.6. The Bertz CT molecular complexity index is 550. The molecule has 1 aliphatic rings. The van der Waals surface area contributed by atoms with Crippen LogP contribution in [-0.2, 0) is 9.53 Å². The molecule has 1 fully saturated rings. The van der Waals surface area contributed by atoms with Gasteiger partial charge in [0.25, 0.3) is 0 Å². The van der Waals surface area contributed by atoms with E-state index in [1.807, 2.05) is 0 Å². The molecule has 0 bridgehead atoms. The number of rotatable bonds is 4. The van der Waals surface area contributed by atoms with E-state index in [0.717, 1.165) is 12.8 Å². The first-order valence-electron chi connectivity index (χ1n) is 7.52. The van der Waals surface area contributed by atoms with Gasteiger partial charge < -0.3 is 15.4 Å². The van der Waals surface area contributed by atoms with Gasteiger partial charge in [-0.05, 0) is 43.9 Å². The second kappa shape index (κ2) is 7.24. The minimum Gasteiger partial charge on any atom is -0.450 e. The number of nitrogens with zero attached hydrogens (tertiary/aromatic N) is 1. The van der Waals surface area contributed by atoms with Gasteiger partial charge in [-0.15, -0.1) is 0 Å². The van der Waals surface area contributed by atoms with Crippen LogP contribution in [0.1, 0.15) is 37.7 Å². The molecule has 2 amide bonds. The van der Waals surface area contributed by atoms with Crippen molar-refractivity contribution in [1.29, 1.82) is 0 Å². The van der Waals surface area contributed by atoms with Gasteiger partial charge >= 0.3 is 6.09 Å². The van der Waals surface area contributed by atoms with E-state index in [1.54, 1.807) is 17.9 Å². The zero-order valence-electron chi connectivity index (χ0n) is 12.6. The number of halogens is 1. The standard InChI is InChI=1S/C16H21FN2O3/c1-2-22-16(21)19-9-4-3-8-13(19)14(15(18)20)11-6-5-7-12(17)10-11/h5-7,10,13-14H,2-4,8-9H2,1H3,(H2,18,20). The minimum atomic E-state index is -0.736. The van der Waals surface area contributed by atoms with E-state index in [0.29, 0.717) is 18.5 Å². The van der Waals surface area contributed by atoms with E-state index in [-0.39, 0.29) is 6.61 Å². The largest absolute Gasteiger partial charge is 0.450 e. The number of carbonyl (C=O) groups is 2. The van der Waals surface area contributed by atoms with Crippen LogP contribution in [0.5, 0.6) is 0 Å². The van der Waals surface area contributed by atoms with Gasteiger partial charge in [-0.2, -0.15) is 0 Å². The van der Waals surface area contributed by atoms with Crippen molar-refractivity contribution >= 4 is 12.0 Å². The Hall–Kier alpha value is -2.11. The number of nitrogens with two attached hydrogens (primary N) is 1. The molecule has 2 unspecified atom stereocenters. The summed E-state index contributed by atoms with van der Waals surface area (Å²) in [6.45, 7) is 2.51. The quantitative estimate of drug-likeness (QED) is 0.928. The van der Waals surface area contributed by atoms with Gasteiger partial charge in [0, 0.05) is 6.54 Å². The number of carbonyl (C=O) groups excluding carboxylic acids is 2. The zero-order chi connectivity index (χ0) is 16.1. The molecule has 120 valence electrons. The third-order valence-electron chi connectivity index (χ3n) is 3.95. The number of amides is 2. The molecular weight excluding hydrogens is 287 g/mol. The van der Waals surface area contributed by atoms with Crippen LogP contribution in [0, 0.1) is 5.82 Å². The molecule has 1 aliphatic heterocycles. The van der Waals surface area contributed by atoms with E-state index < -0.39 is 29.8 Å². The highest BCUT2D eigenvalue weighted by Gasteiger charge is 2.37. The van der Waals surface area contributed by atoms with E-state index in [9.17, 15) is 14.0 Å². The molecule has 1 heterocycles. The van der Waals surface area contributed by atoms with E-state index >= 15 is 0 Å². The molecule has 0 saturated carbocycles. The Morgan fingerprint density at radius 1 is 1.45 bits per heavy atom. The first kappa shape index (κ1) is 16.3. The molecule has 2 rings (SSSR count). The number of benzene rings is 1. The van der Waals surface area contributed by atoms with Gasteiger partial charge in [-0.3, -0.25) is 4.79 Å². The lowest BCUT2D eigenvalue weighted by Crippen LogP contribution is -2.50. The lowest BCUT2D eigenvalue weighted by atomic mass is 9.85. The fourth-order valence-corrected chi connectivity index (χ4v) is 3.01. The second-order valence-corrected chi connectivity index (χ2v) is 5.39. The lowest BCUT2D eigenvalue weighted by molar-refractivity contribution is -0.121. The van der Waals surface area contributed by atoms with Crippen LogP contribution in [0.4, 0.5) is 9.18 Å². The van der Waals surface area contributed by atoms with Gasteiger partial charge in [0.05, 0.1) is 18.6 Å². The number of hydrogen-bond donors (Lipinski definition) is 1. The maximum atomic E-state index is 13.5. The maximum absolute atomic E-state index is 13.5. The summed E-state index contributed by atoms with van der Waals surface area (Å²) in [5.41, 5.74) is 6.04. The number of ether oxygens (including phenoxy) is 1. The summed E-state index contributed by atoms with van der Waals surface area (Å²) in [4.78, 5) is 25.6. The summed E-state index contributed by atoms with van der Waals surface area (Å²) in [6, 6.07) is 5.42. The van der Waals surface area contributed by atoms with E-state index in [2.05, 4.69) is 0 Å². The highest BCUT2D eigenvalue weighted by molar-refractivity contribution is 5.83. The van der Waals surface area contributed by atoms with Crippen molar-refractivity contribution in [1.82, 2.24) is 4.90 Å². The Labute approximate surface area is 129 Å². The molecule has 1 saturated heterocycles. The number of hydrogen-bond acceptors (Lipinski definition) is 3. The Morgan fingerprint density at radius 3 is 2.86 bits per heavy atom. The Morgan fingerprint density at radius 2 is 2.23 bits per heavy atom. The molecule has 0 aromatic heterocycles. The summed E-state index contributed by atoms with van der Waals surface area (Å²) >= 11 is 0. The monoisotopic (exact) mass is 308 g/mol. The summed E-state index contributed by atoms with van der Waals surface area (Å²) in [6.07, 6.45) is 1.93. The molecular formula is C16H21FN2O3. The summed E-state index contributed by atoms with van der Waals surface area (Å²) in [5, 5.41) is 0. The molecule has 0 aliphatic carbocycles. The molecule has 22 heavy (non-hydrogen) atoms. The summed E-state index contributed by atoms with van der Waals surface area (Å²) in [5.74, 6) is -1.73. The first-order valence-corrected chi connectivity index (χ1v) is 7.52. The molecule has 5 nitrogen and oxygen atoms in total. The number of likely N-dealkylation sites (tertiary alicyclic amines) is 1. The van der Waals surface area contributed by atoms with Crippen molar-refractivity contribution in [3.05, 3.63) is 35.6 Å². The molecule has 6 heteroatoms. The highest BCUT2D eigenvalue weighted by Crippen LogP contribution is 2.31. The van der Waals surface area contributed by atoms with Crippen LogP contribution >= 0.6 is 0 Å². The van der Waals surface area contributed by atoms with Crippen LogP contribution in [-0.4, -0.2) is 36.1 Å². The van der Waals surface area contributed by atoms with Crippen molar-refractivity contribution in [2.45, 2.75) is 38.1 Å².